The minimum atomic E-state index is -0.550. The van der Waals surface area contributed by atoms with E-state index in [1.807, 2.05) is 6.92 Å². The molecule has 3 N–H and O–H groups in total. The first-order chi connectivity index (χ1) is 9.89. The molecule has 1 rings (SSSR count). The first-order valence-electron chi connectivity index (χ1n) is 8.36. The largest absolute Gasteiger partial charge is 0.368 e. The smallest absolute Gasteiger partial charge is 0.237 e. The van der Waals surface area contributed by atoms with Crippen LogP contribution in [0.25, 0.3) is 0 Å². The number of nitrogens with two attached hydrogens (primary N) is 1. The lowest BCUT2D eigenvalue weighted by atomic mass is 9.93. The monoisotopic (exact) mass is 298 g/mol. The molecule has 0 radical (unpaired) electrons. The molecule has 0 aliphatic carbocycles. The van der Waals surface area contributed by atoms with Gasteiger partial charge in [-0.25, -0.2) is 0 Å². The molecule has 1 saturated heterocycles. The molecule has 5 heteroatoms. The van der Waals surface area contributed by atoms with Crippen LogP contribution in [-0.2, 0) is 4.79 Å². The van der Waals surface area contributed by atoms with Crippen LogP contribution in [0.2, 0.25) is 0 Å². The maximum absolute atomic E-state index is 11.6. The van der Waals surface area contributed by atoms with Crippen LogP contribution in [0.15, 0.2) is 0 Å². The van der Waals surface area contributed by atoms with Crippen molar-refractivity contribution in [3.8, 4) is 0 Å². The van der Waals surface area contributed by atoms with Gasteiger partial charge in [0.25, 0.3) is 0 Å². The fourth-order valence-electron chi connectivity index (χ4n) is 2.84. The van der Waals surface area contributed by atoms with Crippen molar-refractivity contribution in [3.63, 3.8) is 0 Å². The summed E-state index contributed by atoms with van der Waals surface area (Å²) in [6.07, 6.45) is 4.01. The molecule has 0 saturated carbocycles. The van der Waals surface area contributed by atoms with E-state index in [0.717, 1.165) is 58.4 Å². The number of carbonyl (C=O) groups excluding carboxylic acids is 1. The van der Waals surface area contributed by atoms with Gasteiger partial charge < -0.3 is 20.9 Å². The fraction of sp³-hybridized carbons (Fsp3) is 0.938. The lowest BCUT2D eigenvalue weighted by molar-refractivity contribution is -0.124. The molecule has 1 aliphatic rings. The van der Waals surface area contributed by atoms with E-state index in [0.29, 0.717) is 6.04 Å². The Morgan fingerprint density at radius 1 is 1.38 bits per heavy atom. The lowest BCUT2D eigenvalue weighted by Gasteiger charge is -2.37. The van der Waals surface area contributed by atoms with E-state index in [-0.39, 0.29) is 5.91 Å². The second-order valence-electron chi connectivity index (χ2n) is 6.71. The molecule has 1 amide bonds. The van der Waals surface area contributed by atoms with Gasteiger partial charge in [0.1, 0.15) is 0 Å². The van der Waals surface area contributed by atoms with E-state index < -0.39 is 5.54 Å². The van der Waals surface area contributed by atoms with Crippen LogP contribution in [0.1, 0.15) is 46.5 Å². The van der Waals surface area contributed by atoms with Crippen LogP contribution >= 0.6 is 0 Å². The number of nitrogens with one attached hydrogen (secondary N) is 1. The summed E-state index contributed by atoms with van der Waals surface area (Å²) < 4.78 is 0. The fourth-order valence-corrected chi connectivity index (χ4v) is 2.84. The first kappa shape index (κ1) is 18.4. The van der Waals surface area contributed by atoms with Crippen LogP contribution in [0, 0.1) is 0 Å². The Hall–Kier alpha value is -0.650. The van der Waals surface area contributed by atoms with Gasteiger partial charge in [0.05, 0.1) is 5.54 Å². The number of hydrogen-bond donors (Lipinski definition) is 2. The van der Waals surface area contributed by atoms with E-state index in [9.17, 15) is 4.79 Å². The topological polar surface area (TPSA) is 61.6 Å². The van der Waals surface area contributed by atoms with Gasteiger partial charge in [-0.05, 0) is 59.7 Å². The standard InChI is InChI=1S/C16H34N4O/c1-5-9-18-16(3,15(17)21)8-6-7-10-20-12-11-19(4)14(2)13-20/h14,18H,5-13H2,1-4H3,(H2,17,21). The molecule has 0 bridgehead atoms. The van der Waals surface area contributed by atoms with Crippen molar-refractivity contribution < 1.29 is 4.79 Å². The number of likely N-dealkylation sites (N-methyl/N-ethyl adjacent to an activating group) is 1. The summed E-state index contributed by atoms with van der Waals surface area (Å²) in [6, 6.07) is 0.640. The van der Waals surface area contributed by atoms with Gasteiger partial charge in [0.15, 0.2) is 0 Å². The third kappa shape index (κ3) is 5.93. The third-order valence-electron chi connectivity index (χ3n) is 4.75. The van der Waals surface area contributed by atoms with Crippen molar-refractivity contribution in [2.24, 2.45) is 5.73 Å². The molecular formula is C16H34N4O. The maximum Gasteiger partial charge on any atom is 0.237 e. The number of primary amides is 1. The Morgan fingerprint density at radius 3 is 2.67 bits per heavy atom. The van der Waals surface area contributed by atoms with Crippen LogP contribution in [0.5, 0.6) is 0 Å². The summed E-state index contributed by atoms with van der Waals surface area (Å²) in [5.41, 5.74) is 5.00. The number of rotatable bonds is 9. The Morgan fingerprint density at radius 2 is 2.10 bits per heavy atom. The molecule has 0 aromatic carbocycles. The number of nitrogens with zero attached hydrogens (tertiary/aromatic N) is 2. The molecule has 124 valence electrons. The summed E-state index contributed by atoms with van der Waals surface area (Å²) in [5, 5.41) is 3.30. The van der Waals surface area contributed by atoms with E-state index in [2.05, 4.69) is 36.0 Å². The average molecular weight is 298 g/mol. The molecular weight excluding hydrogens is 264 g/mol. The average Bonchev–Trinajstić information content (AvgIpc) is 2.45. The maximum atomic E-state index is 11.6. The predicted octanol–water partition coefficient (Wildman–Crippen LogP) is 1.04. The summed E-state index contributed by atoms with van der Waals surface area (Å²) >= 11 is 0. The Balaban J connectivity index is 2.27. The molecule has 0 aromatic heterocycles. The van der Waals surface area contributed by atoms with Crippen LogP contribution < -0.4 is 11.1 Å². The number of unbranched alkanes of at least 4 members (excludes halogenated alkanes) is 1. The second-order valence-corrected chi connectivity index (χ2v) is 6.71. The van der Waals surface area contributed by atoms with Gasteiger partial charge >= 0.3 is 0 Å². The zero-order valence-corrected chi connectivity index (χ0v) is 14.3. The van der Waals surface area contributed by atoms with Crippen LogP contribution in [-0.4, -0.2) is 67.1 Å². The van der Waals surface area contributed by atoms with Crippen LogP contribution in [0.4, 0.5) is 0 Å². The molecule has 2 atom stereocenters. The Bertz CT molecular complexity index is 323. The number of piperazine rings is 1. The zero-order valence-electron chi connectivity index (χ0n) is 14.3. The highest BCUT2D eigenvalue weighted by atomic mass is 16.1. The molecule has 2 unspecified atom stereocenters. The Kier molecular flexibility index (Phi) is 7.63. The zero-order chi connectivity index (χ0) is 15.9. The van der Waals surface area contributed by atoms with Gasteiger partial charge in [0, 0.05) is 25.7 Å². The molecule has 21 heavy (non-hydrogen) atoms. The summed E-state index contributed by atoms with van der Waals surface area (Å²) in [5.74, 6) is -0.232. The molecule has 0 aromatic rings. The minimum absolute atomic E-state index is 0.232. The van der Waals surface area contributed by atoms with Crippen molar-refractivity contribution in [2.45, 2.75) is 58.0 Å². The summed E-state index contributed by atoms with van der Waals surface area (Å²) in [4.78, 5) is 16.6. The number of carbonyl (C=O) groups is 1. The molecule has 1 fully saturated rings. The third-order valence-corrected chi connectivity index (χ3v) is 4.75. The van der Waals surface area contributed by atoms with Crippen molar-refractivity contribution in [1.29, 1.82) is 0 Å². The summed E-state index contributed by atoms with van der Waals surface area (Å²) in [6.45, 7) is 11.7. The summed E-state index contributed by atoms with van der Waals surface area (Å²) in [7, 11) is 2.19. The van der Waals surface area contributed by atoms with Gasteiger partial charge in [-0.15, -0.1) is 0 Å². The normalized spacial score (nSPS) is 23.9. The van der Waals surface area contributed by atoms with Crippen molar-refractivity contribution >= 4 is 5.91 Å². The highest BCUT2D eigenvalue weighted by Gasteiger charge is 2.29. The van der Waals surface area contributed by atoms with E-state index in [1.165, 1.54) is 0 Å². The van der Waals surface area contributed by atoms with E-state index in [4.69, 9.17) is 5.73 Å². The van der Waals surface area contributed by atoms with Gasteiger partial charge in [-0.3, -0.25) is 4.79 Å². The molecule has 0 spiro atoms. The highest BCUT2D eigenvalue weighted by Crippen LogP contribution is 2.15. The molecule has 5 nitrogen and oxygen atoms in total. The van der Waals surface area contributed by atoms with Gasteiger partial charge in [0.2, 0.25) is 5.91 Å². The quantitative estimate of drug-likeness (QED) is 0.624. The van der Waals surface area contributed by atoms with Crippen molar-refractivity contribution in [3.05, 3.63) is 0 Å². The Labute approximate surface area is 130 Å². The van der Waals surface area contributed by atoms with Gasteiger partial charge in [-0.1, -0.05) is 6.92 Å². The van der Waals surface area contributed by atoms with Gasteiger partial charge in [-0.2, -0.15) is 0 Å². The highest BCUT2D eigenvalue weighted by molar-refractivity contribution is 5.84. The first-order valence-corrected chi connectivity index (χ1v) is 8.36. The van der Waals surface area contributed by atoms with Crippen molar-refractivity contribution in [2.75, 3.05) is 39.8 Å². The van der Waals surface area contributed by atoms with E-state index in [1.54, 1.807) is 0 Å². The number of amides is 1. The predicted molar refractivity (Wildman–Crippen MR) is 88.3 cm³/mol. The second kappa shape index (κ2) is 8.71. The molecule has 1 aliphatic heterocycles. The minimum Gasteiger partial charge on any atom is -0.368 e. The van der Waals surface area contributed by atoms with E-state index >= 15 is 0 Å². The number of hydrogen-bond acceptors (Lipinski definition) is 4. The van der Waals surface area contributed by atoms with Crippen molar-refractivity contribution in [1.82, 2.24) is 15.1 Å². The van der Waals surface area contributed by atoms with Crippen LogP contribution in [0.3, 0.4) is 0 Å². The SMILES string of the molecule is CCCNC(C)(CCCCN1CCN(C)C(C)C1)C(N)=O. The lowest BCUT2D eigenvalue weighted by Crippen LogP contribution is -2.53. The molecule has 1 heterocycles.